The topological polar surface area (TPSA) is 163 Å². The summed E-state index contributed by atoms with van der Waals surface area (Å²) < 4.78 is 0. The van der Waals surface area contributed by atoms with E-state index in [1.54, 1.807) is 0 Å². The molecule has 0 aliphatic heterocycles. The van der Waals surface area contributed by atoms with Crippen molar-refractivity contribution in [3.05, 3.63) is 36.0 Å². The molecule has 1 aromatic heterocycles. The number of nitrogens with two attached hydrogens (primary N) is 2. The van der Waals surface area contributed by atoms with Crippen LogP contribution in [0.25, 0.3) is 10.9 Å². The van der Waals surface area contributed by atoms with Crippen molar-refractivity contribution in [3.8, 4) is 0 Å². The summed E-state index contributed by atoms with van der Waals surface area (Å²) in [6, 6.07) is 4.78. The van der Waals surface area contributed by atoms with Gasteiger partial charge < -0.3 is 32.2 Å². The minimum atomic E-state index is -1.19. The number of hydrogen-bond acceptors (Lipinski definition) is 6. The molecule has 3 unspecified atom stereocenters. The molecule has 1 heterocycles. The number of H-pyrrole nitrogens is 1. The highest BCUT2D eigenvalue weighted by atomic mass is 32.1. The molecule has 0 bridgehead atoms. The van der Waals surface area contributed by atoms with Gasteiger partial charge in [0, 0.05) is 22.9 Å². The van der Waals surface area contributed by atoms with E-state index in [4.69, 9.17) is 16.6 Å². The van der Waals surface area contributed by atoms with Crippen LogP contribution in [0.15, 0.2) is 30.5 Å². The van der Waals surface area contributed by atoms with Gasteiger partial charge in [-0.3, -0.25) is 9.59 Å². The SMILES string of the molecule is NCCCCC(NC(=O)C(N)Cc1c[nH]c2ccccc12)C(=O)NC(CS)C(=O)O. The predicted octanol–water partition coefficient (Wildman–Crippen LogP) is 0.151. The van der Waals surface area contributed by atoms with Crippen LogP contribution in [0.5, 0.6) is 0 Å². The number of fused-ring (bicyclic) bond motifs is 1. The van der Waals surface area contributed by atoms with Crippen molar-refractivity contribution in [3.63, 3.8) is 0 Å². The Morgan fingerprint density at radius 3 is 2.47 bits per heavy atom. The molecule has 9 nitrogen and oxygen atoms in total. The summed E-state index contributed by atoms with van der Waals surface area (Å²) in [5.74, 6) is -2.32. The van der Waals surface area contributed by atoms with E-state index in [2.05, 4.69) is 28.2 Å². The van der Waals surface area contributed by atoms with Gasteiger partial charge in [0.1, 0.15) is 12.1 Å². The third-order valence-electron chi connectivity index (χ3n) is 4.83. The lowest BCUT2D eigenvalue weighted by Gasteiger charge is -2.22. The summed E-state index contributed by atoms with van der Waals surface area (Å²) in [6.45, 7) is 0.455. The van der Waals surface area contributed by atoms with Crippen molar-refractivity contribution in [1.82, 2.24) is 15.6 Å². The van der Waals surface area contributed by atoms with Crippen molar-refractivity contribution in [2.24, 2.45) is 11.5 Å². The maximum absolute atomic E-state index is 12.7. The molecule has 10 heteroatoms. The van der Waals surface area contributed by atoms with Gasteiger partial charge in [0.2, 0.25) is 11.8 Å². The summed E-state index contributed by atoms with van der Waals surface area (Å²) in [5.41, 5.74) is 13.5. The zero-order chi connectivity index (χ0) is 22.1. The second-order valence-corrected chi connectivity index (χ2v) is 7.46. The lowest BCUT2D eigenvalue weighted by molar-refractivity contribution is -0.141. The molecule has 2 rings (SSSR count). The first kappa shape index (κ1) is 23.7. The van der Waals surface area contributed by atoms with Crippen LogP contribution in [0, 0.1) is 0 Å². The maximum atomic E-state index is 12.7. The number of hydrogen-bond donors (Lipinski definition) is 7. The maximum Gasteiger partial charge on any atom is 0.327 e. The number of para-hydroxylation sites is 1. The predicted molar refractivity (Wildman–Crippen MR) is 118 cm³/mol. The van der Waals surface area contributed by atoms with E-state index in [-0.39, 0.29) is 5.75 Å². The van der Waals surface area contributed by atoms with Gasteiger partial charge >= 0.3 is 5.97 Å². The van der Waals surface area contributed by atoms with Crippen molar-refractivity contribution >= 4 is 41.3 Å². The molecule has 0 radical (unpaired) electrons. The van der Waals surface area contributed by atoms with Crippen molar-refractivity contribution in [1.29, 1.82) is 0 Å². The van der Waals surface area contributed by atoms with Gasteiger partial charge in [-0.25, -0.2) is 4.79 Å². The third-order valence-corrected chi connectivity index (χ3v) is 5.19. The average molecular weight is 436 g/mol. The number of thiol groups is 1. The Bertz CT molecular complexity index is 872. The number of carbonyl (C=O) groups excluding carboxylic acids is 2. The van der Waals surface area contributed by atoms with Crippen LogP contribution in [0.3, 0.4) is 0 Å². The number of benzene rings is 1. The average Bonchev–Trinajstić information content (AvgIpc) is 3.13. The summed E-state index contributed by atoms with van der Waals surface area (Å²) in [5, 5.41) is 15.2. The monoisotopic (exact) mass is 435 g/mol. The Kier molecular flexibility index (Phi) is 9.15. The fourth-order valence-electron chi connectivity index (χ4n) is 3.13. The fraction of sp³-hybridized carbons (Fsp3) is 0.450. The summed E-state index contributed by atoms with van der Waals surface area (Å²) in [4.78, 5) is 39.5. The van der Waals surface area contributed by atoms with Crippen molar-refractivity contribution in [2.75, 3.05) is 12.3 Å². The molecule has 30 heavy (non-hydrogen) atoms. The first-order valence-electron chi connectivity index (χ1n) is 9.82. The Labute approximate surface area is 180 Å². The van der Waals surface area contributed by atoms with Gasteiger partial charge in [-0.15, -0.1) is 0 Å². The number of amides is 2. The van der Waals surface area contributed by atoms with Crippen LogP contribution < -0.4 is 22.1 Å². The fourth-order valence-corrected chi connectivity index (χ4v) is 3.38. The van der Waals surface area contributed by atoms with E-state index in [0.717, 1.165) is 16.5 Å². The van der Waals surface area contributed by atoms with Crippen LogP contribution >= 0.6 is 12.6 Å². The smallest absolute Gasteiger partial charge is 0.327 e. The number of carboxylic acids is 1. The van der Waals surface area contributed by atoms with Gasteiger partial charge in [-0.05, 0) is 43.9 Å². The van der Waals surface area contributed by atoms with E-state index >= 15 is 0 Å². The summed E-state index contributed by atoms with van der Waals surface area (Å²) >= 11 is 3.94. The van der Waals surface area contributed by atoms with Crippen LogP contribution in [-0.4, -0.2) is 58.3 Å². The van der Waals surface area contributed by atoms with Gasteiger partial charge in [-0.1, -0.05) is 18.2 Å². The highest BCUT2D eigenvalue weighted by molar-refractivity contribution is 7.80. The molecular weight excluding hydrogens is 406 g/mol. The van der Waals surface area contributed by atoms with Crippen LogP contribution in [0.1, 0.15) is 24.8 Å². The first-order chi connectivity index (χ1) is 14.4. The highest BCUT2D eigenvalue weighted by Crippen LogP contribution is 2.18. The molecule has 0 saturated heterocycles. The number of carbonyl (C=O) groups is 3. The molecule has 2 aromatic rings. The van der Waals surface area contributed by atoms with Gasteiger partial charge in [0.25, 0.3) is 0 Å². The first-order valence-corrected chi connectivity index (χ1v) is 10.5. The van der Waals surface area contributed by atoms with Crippen molar-refractivity contribution < 1.29 is 19.5 Å². The molecule has 8 N–H and O–H groups in total. The Morgan fingerprint density at radius 2 is 1.80 bits per heavy atom. The number of aromatic nitrogens is 1. The van der Waals surface area contributed by atoms with Crippen LogP contribution in [-0.2, 0) is 20.8 Å². The van der Waals surface area contributed by atoms with Gasteiger partial charge in [-0.2, -0.15) is 12.6 Å². The standard InChI is InChI=1S/C20H29N5O4S/c21-8-4-3-7-16(19(27)25-17(11-30)20(28)29)24-18(26)14(22)9-12-10-23-15-6-2-1-5-13(12)15/h1-2,5-6,10,14,16-17,23,30H,3-4,7-9,11,21-22H2,(H,24,26)(H,25,27)(H,28,29). The molecule has 0 aliphatic carbocycles. The molecule has 3 atom stereocenters. The summed E-state index contributed by atoms with van der Waals surface area (Å²) in [7, 11) is 0. The molecule has 0 aliphatic rings. The molecule has 0 fully saturated rings. The van der Waals surface area contributed by atoms with E-state index in [9.17, 15) is 14.4 Å². The Hall–Kier alpha value is -2.56. The van der Waals surface area contributed by atoms with Gasteiger partial charge in [0.15, 0.2) is 0 Å². The minimum absolute atomic E-state index is 0.0649. The molecule has 164 valence electrons. The van der Waals surface area contributed by atoms with Gasteiger partial charge in [0.05, 0.1) is 6.04 Å². The second kappa shape index (κ2) is 11.6. The van der Waals surface area contributed by atoms with E-state index in [0.29, 0.717) is 32.2 Å². The second-order valence-electron chi connectivity index (χ2n) is 7.10. The normalized spacial score (nSPS) is 14.1. The zero-order valence-electron chi connectivity index (χ0n) is 16.6. The number of nitrogens with one attached hydrogen (secondary N) is 3. The van der Waals surface area contributed by atoms with Crippen molar-refractivity contribution in [2.45, 2.75) is 43.8 Å². The molecule has 1 aromatic carbocycles. The largest absolute Gasteiger partial charge is 0.480 e. The number of aromatic amines is 1. The van der Waals surface area contributed by atoms with E-state index in [1.807, 2.05) is 30.5 Å². The molecule has 0 saturated carbocycles. The van der Waals surface area contributed by atoms with E-state index in [1.165, 1.54) is 0 Å². The number of unbranched alkanes of at least 4 members (excludes halogenated alkanes) is 1. The number of aliphatic carboxylic acids is 1. The minimum Gasteiger partial charge on any atom is -0.480 e. The number of rotatable bonds is 12. The molecule has 2 amide bonds. The van der Waals surface area contributed by atoms with Crippen LogP contribution in [0.4, 0.5) is 0 Å². The lowest BCUT2D eigenvalue weighted by Crippen LogP contribution is -2.55. The van der Waals surface area contributed by atoms with Crippen LogP contribution in [0.2, 0.25) is 0 Å². The highest BCUT2D eigenvalue weighted by Gasteiger charge is 2.27. The molecule has 0 spiro atoms. The Balaban J connectivity index is 2.04. The lowest BCUT2D eigenvalue weighted by atomic mass is 10.0. The summed E-state index contributed by atoms with van der Waals surface area (Å²) in [6.07, 6.45) is 3.71. The Morgan fingerprint density at radius 1 is 1.10 bits per heavy atom. The third kappa shape index (κ3) is 6.48. The quantitative estimate of drug-likeness (QED) is 0.185. The van der Waals surface area contributed by atoms with E-state index < -0.39 is 35.9 Å². The number of carboxylic acid groups (broad SMARTS) is 1. The molecular formula is C20H29N5O4S. The zero-order valence-corrected chi connectivity index (χ0v) is 17.5.